The summed E-state index contributed by atoms with van der Waals surface area (Å²) in [5.74, 6) is -4.56. The van der Waals surface area contributed by atoms with Crippen LogP contribution in [-0.2, 0) is 11.4 Å². The number of alkyl halides is 3. The molecule has 2 heterocycles. The number of halogens is 5. The summed E-state index contributed by atoms with van der Waals surface area (Å²) in [5.41, 5.74) is 1.75. The van der Waals surface area contributed by atoms with Crippen molar-refractivity contribution in [3.8, 4) is 11.9 Å². The molecule has 0 saturated carbocycles. The van der Waals surface area contributed by atoms with Gasteiger partial charge in [-0.2, -0.15) is 28.0 Å². The number of carbonyl (C=O) groups is 3. The number of aliphatic carboxylic acids is 1. The number of rotatable bonds is 8. The van der Waals surface area contributed by atoms with Gasteiger partial charge in [0.2, 0.25) is 5.88 Å². The number of amides is 2. The molecule has 0 aliphatic rings. The van der Waals surface area contributed by atoms with Crippen molar-refractivity contribution in [2.45, 2.75) is 59.0 Å². The third kappa shape index (κ3) is 9.43. The zero-order valence-corrected chi connectivity index (χ0v) is 26.9. The lowest BCUT2D eigenvalue weighted by atomic mass is 10.0. The van der Waals surface area contributed by atoms with Crippen molar-refractivity contribution in [3.63, 3.8) is 0 Å². The average molecular weight is 690 g/mol. The first-order valence-corrected chi connectivity index (χ1v) is 14.4. The van der Waals surface area contributed by atoms with Crippen molar-refractivity contribution in [1.82, 2.24) is 19.8 Å². The van der Waals surface area contributed by atoms with Gasteiger partial charge in [0.15, 0.2) is 0 Å². The Balaban J connectivity index is 0.000000838. The van der Waals surface area contributed by atoms with Crippen LogP contribution in [0, 0.1) is 36.8 Å². The van der Waals surface area contributed by atoms with E-state index in [1.54, 1.807) is 71.0 Å². The lowest BCUT2D eigenvalue weighted by Crippen LogP contribution is -2.49. The first kappa shape index (κ1) is 37.7. The molecular weight excluding hydrogens is 657 g/mol. The van der Waals surface area contributed by atoms with Gasteiger partial charge in [0.1, 0.15) is 18.2 Å². The minimum Gasteiger partial charge on any atom is -0.475 e. The van der Waals surface area contributed by atoms with E-state index in [0.717, 1.165) is 12.1 Å². The number of nitrogens with one attached hydrogen (secondary N) is 1. The van der Waals surface area contributed by atoms with E-state index in [0.29, 0.717) is 27.9 Å². The van der Waals surface area contributed by atoms with E-state index in [1.807, 2.05) is 6.07 Å². The number of pyridine rings is 1. The summed E-state index contributed by atoms with van der Waals surface area (Å²) >= 11 is 0. The summed E-state index contributed by atoms with van der Waals surface area (Å²) in [5, 5.41) is 33.7. The predicted octanol–water partition coefficient (Wildman–Crippen LogP) is 6.56. The molecule has 4 rings (SSSR count). The predicted molar refractivity (Wildman–Crippen MR) is 165 cm³/mol. The molecule has 0 aliphatic heterocycles. The van der Waals surface area contributed by atoms with Crippen LogP contribution in [0.5, 0.6) is 5.88 Å². The van der Waals surface area contributed by atoms with Gasteiger partial charge in [-0.1, -0.05) is 18.2 Å². The van der Waals surface area contributed by atoms with E-state index in [1.165, 1.54) is 15.5 Å². The molecule has 0 saturated heterocycles. The van der Waals surface area contributed by atoms with Gasteiger partial charge in [0, 0.05) is 18.2 Å². The van der Waals surface area contributed by atoms with Crippen LogP contribution in [-0.4, -0.2) is 61.0 Å². The van der Waals surface area contributed by atoms with Gasteiger partial charge in [0.05, 0.1) is 40.0 Å². The molecule has 2 aromatic carbocycles. The van der Waals surface area contributed by atoms with Crippen LogP contribution in [0.15, 0.2) is 54.6 Å². The molecule has 0 aliphatic carbocycles. The Morgan fingerprint density at radius 3 is 2.08 bits per heavy atom. The van der Waals surface area contributed by atoms with Crippen LogP contribution in [0.3, 0.4) is 0 Å². The molecule has 2 amide bonds. The molecule has 2 aromatic heterocycles. The van der Waals surface area contributed by atoms with E-state index in [9.17, 15) is 41.9 Å². The molecule has 3 N–H and O–H groups in total. The third-order valence-corrected chi connectivity index (χ3v) is 7.07. The summed E-state index contributed by atoms with van der Waals surface area (Å²) in [6, 6.07) is 14.8. The van der Waals surface area contributed by atoms with Gasteiger partial charge in [0.25, 0.3) is 5.91 Å². The smallest absolute Gasteiger partial charge is 0.475 e. The number of ether oxygens (including phenoxy) is 1. The number of aromatic nitrogens is 2. The van der Waals surface area contributed by atoms with Gasteiger partial charge in [-0.3, -0.25) is 4.79 Å². The normalized spacial score (nSPS) is 11.9. The summed E-state index contributed by atoms with van der Waals surface area (Å²) in [6.07, 6.45) is -6.23. The van der Waals surface area contributed by atoms with Gasteiger partial charge >= 0.3 is 18.2 Å². The average Bonchev–Trinajstić information content (AvgIpc) is 3.33. The van der Waals surface area contributed by atoms with Crippen LogP contribution in [0.1, 0.15) is 65.1 Å². The summed E-state index contributed by atoms with van der Waals surface area (Å²) in [4.78, 5) is 36.1. The molecule has 260 valence electrons. The molecule has 16 heteroatoms. The lowest BCUT2D eigenvalue weighted by Gasteiger charge is -2.36. The van der Waals surface area contributed by atoms with Crippen LogP contribution < -0.4 is 10.1 Å². The Hall–Kier alpha value is -5.72. The summed E-state index contributed by atoms with van der Waals surface area (Å²) in [7, 11) is 0. The van der Waals surface area contributed by atoms with Crippen molar-refractivity contribution in [3.05, 3.63) is 99.7 Å². The number of carboxylic acid groups (broad SMARTS) is 2. The SMILES string of the molecule is Cc1cc(OCc2c(F)cccc2F)n2nc(C)c(C(=O)NC(CN(C(=O)O)C(C)(C)C)c3ccc(C#N)cc3)c2c1.O=C(O)C(F)(F)F. The Bertz CT molecular complexity index is 1880. The third-order valence-electron chi connectivity index (χ3n) is 7.07. The van der Waals surface area contributed by atoms with Crippen molar-refractivity contribution in [2.24, 2.45) is 0 Å². The quantitative estimate of drug-likeness (QED) is 0.176. The maximum absolute atomic E-state index is 14.2. The standard InChI is InChI=1S/C31H31F2N5O4.C2HF3O2/c1-18-13-26-28(19(2)36-38(26)27(14-18)42-17-22-23(32)7-6-8-24(22)33)29(39)35-25(16-37(30(40)41)31(3,4)5)21-11-9-20(15-34)10-12-21;3-2(4,5)1(6)7/h6-14,25H,16-17H2,1-5H3,(H,35,39)(H,40,41);(H,6,7). The van der Waals surface area contributed by atoms with Crippen molar-refractivity contribution >= 4 is 23.5 Å². The van der Waals surface area contributed by atoms with E-state index in [4.69, 9.17) is 14.6 Å². The molecule has 0 bridgehead atoms. The van der Waals surface area contributed by atoms with E-state index < -0.39 is 54.0 Å². The molecule has 11 nitrogen and oxygen atoms in total. The fraction of sp³-hybridized carbons (Fsp3) is 0.303. The van der Waals surface area contributed by atoms with Gasteiger partial charge in [-0.25, -0.2) is 18.4 Å². The highest BCUT2D eigenvalue weighted by atomic mass is 19.4. The van der Waals surface area contributed by atoms with Gasteiger partial charge in [-0.05, 0) is 76.1 Å². The Morgan fingerprint density at radius 1 is 1.02 bits per heavy atom. The van der Waals surface area contributed by atoms with E-state index in [-0.39, 0.29) is 23.6 Å². The minimum absolute atomic E-state index is 0.0592. The summed E-state index contributed by atoms with van der Waals surface area (Å²) < 4.78 is 67.3. The number of nitriles is 1. The zero-order chi connectivity index (χ0) is 36.8. The number of carboxylic acids is 1. The molecule has 0 radical (unpaired) electrons. The number of carbonyl (C=O) groups excluding carboxylic acids is 1. The van der Waals surface area contributed by atoms with Gasteiger partial charge in [-0.15, -0.1) is 0 Å². The molecule has 4 aromatic rings. The number of fused-ring (bicyclic) bond motifs is 1. The monoisotopic (exact) mass is 689 g/mol. The highest BCUT2D eigenvalue weighted by Gasteiger charge is 2.38. The largest absolute Gasteiger partial charge is 0.490 e. The molecule has 1 atom stereocenters. The van der Waals surface area contributed by atoms with Gasteiger partial charge < -0.3 is 25.2 Å². The second-order valence-corrected chi connectivity index (χ2v) is 11.7. The number of benzene rings is 2. The second-order valence-electron chi connectivity index (χ2n) is 11.7. The minimum atomic E-state index is -5.08. The topological polar surface area (TPSA) is 157 Å². The van der Waals surface area contributed by atoms with Crippen LogP contribution in [0.4, 0.5) is 26.7 Å². The fourth-order valence-corrected chi connectivity index (χ4v) is 4.64. The van der Waals surface area contributed by atoms with Crippen molar-refractivity contribution < 1.29 is 51.3 Å². The zero-order valence-electron chi connectivity index (χ0n) is 26.9. The maximum atomic E-state index is 14.2. The fourth-order valence-electron chi connectivity index (χ4n) is 4.64. The molecule has 49 heavy (non-hydrogen) atoms. The number of nitrogens with zero attached hydrogens (tertiary/aromatic N) is 4. The Morgan fingerprint density at radius 2 is 1.59 bits per heavy atom. The first-order valence-electron chi connectivity index (χ1n) is 14.4. The van der Waals surface area contributed by atoms with E-state index in [2.05, 4.69) is 10.4 Å². The Kier molecular flexibility index (Phi) is 11.6. The lowest BCUT2D eigenvalue weighted by molar-refractivity contribution is -0.192. The highest BCUT2D eigenvalue weighted by molar-refractivity contribution is 6.02. The molecule has 0 spiro atoms. The van der Waals surface area contributed by atoms with Crippen molar-refractivity contribution in [2.75, 3.05) is 6.54 Å². The van der Waals surface area contributed by atoms with Crippen molar-refractivity contribution in [1.29, 1.82) is 5.26 Å². The number of hydrogen-bond donors (Lipinski definition) is 3. The van der Waals surface area contributed by atoms with E-state index >= 15 is 0 Å². The maximum Gasteiger partial charge on any atom is 0.490 e. The molecular formula is C33H32F5N5O6. The highest BCUT2D eigenvalue weighted by Crippen LogP contribution is 2.27. The Labute approximate surface area is 277 Å². The molecule has 0 fully saturated rings. The second kappa shape index (κ2) is 15.0. The van der Waals surface area contributed by atoms with Crippen LogP contribution >= 0.6 is 0 Å². The summed E-state index contributed by atoms with van der Waals surface area (Å²) in [6.45, 7) is 8.25. The number of aryl methyl sites for hydroxylation is 2. The van der Waals surface area contributed by atoms with Crippen LogP contribution in [0.2, 0.25) is 0 Å². The number of hydrogen-bond acceptors (Lipinski definition) is 6. The van der Waals surface area contributed by atoms with Crippen LogP contribution in [0.25, 0.3) is 5.52 Å². The first-order chi connectivity index (χ1) is 22.7. The molecule has 1 unspecified atom stereocenters.